The summed E-state index contributed by atoms with van der Waals surface area (Å²) in [6.45, 7) is 3.49. The number of benzene rings is 1. The summed E-state index contributed by atoms with van der Waals surface area (Å²) in [5.41, 5.74) is 5.50. The van der Waals surface area contributed by atoms with Crippen molar-refractivity contribution in [3.05, 3.63) is 53.3 Å². The van der Waals surface area contributed by atoms with E-state index < -0.39 is 15.9 Å². The van der Waals surface area contributed by atoms with Crippen LogP contribution in [-0.2, 0) is 10.0 Å². The number of hydrogen-bond donors (Lipinski definition) is 2. The molecule has 0 aliphatic carbocycles. The van der Waals surface area contributed by atoms with E-state index in [9.17, 15) is 13.2 Å². The van der Waals surface area contributed by atoms with Gasteiger partial charge in [0.25, 0.3) is 5.91 Å². The third-order valence-electron chi connectivity index (χ3n) is 4.23. The zero-order valence-electron chi connectivity index (χ0n) is 16.3. The largest absolute Gasteiger partial charge is 0.340 e. The highest BCUT2D eigenvalue weighted by molar-refractivity contribution is 7.89. The zero-order valence-corrected chi connectivity index (χ0v) is 17.9. The highest BCUT2D eigenvalue weighted by Crippen LogP contribution is 2.23. The van der Waals surface area contributed by atoms with Gasteiger partial charge in [-0.25, -0.2) is 13.8 Å². The molecular weight excluding hydrogens is 432 g/mol. The maximum absolute atomic E-state index is 12.7. The van der Waals surface area contributed by atoms with E-state index in [0.29, 0.717) is 11.4 Å². The van der Waals surface area contributed by atoms with E-state index in [1.54, 1.807) is 38.4 Å². The summed E-state index contributed by atoms with van der Waals surface area (Å²) >= 11 is 6.09. The normalized spacial score (nSPS) is 11.7. The average Bonchev–Trinajstić information content (AvgIpc) is 3.21. The van der Waals surface area contributed by atoms with Crippen LogP contribution in [0.25, 0.3) is 11.4 Å². The van der Waals surface area contributed by atoms with Gasteiger partial charge in [0.15, 0.2) is 0 Å². The lowest BCUT2D eigenvalue weighted by atomic mass is 10.2. The number of rotatable bonds is 7. The van der Waals surface area contributed by atoms with E-state index in [0.717, 1.165) is 0 Å². The molecule has 10 nitrogen and oxygen atoms in total. The number of hydrogen-bond acceptors (Lipinski definition) is 8. The van der Waals surface area contributed by atoms with Gasteiger partial charge in [0, 0.05) is 31.0 Å². The van der Waals surface area contributed by atoms with Crippen LogP contribution in [0.15, 0.2) is 52.1 Å². The Hall–Kier alpha value is -3.02. The van der Waals surface area contributed by atoms with Crippen molar-refractivity contribution in [1.82, 2.24) is 24.9 Å². The number of sulfonamides is 1. The minimum absolute atomic E-state index is 0.0312. The summed E-state index contributed by atoms with van der Waals surface area (Å²) < 4.78 is 31.6. The SMILES string of the molecule is CC(C)N(C)S(=O)(=O)c1ccc(Cl)c(C(=O)NNc2nc(-c3ccncc3)no2)c1. The monoisotopic (exact) mass is 450 g/mol. The first-order valence-electron chi connectivity index (χ1n) is 8.78. The maximum atomic E-state index is 12.7. The number of nitrogens with zero attached hydrogens (tertiary/aromatic N) is 4. The smallest absolute Gasteiger partial charge is 0.313 e. The molecule has 2 aromatic heterocycles. The van der Waals surface area contributed by atoms with Crippen molar-refractivity contribution in [2.75, 3.05) is 12.5 Å². The summed E-state index contributed by atoms with van der Waals surface area (Å²) in [5, 5.41) is 3.88. The van der Waals surface area contributed by atoms with Crippen LogP contribution in [0.5, 0.6) is 0 Å². The highest BCUT2D eigenvalue weighted by atomic mass is 35.5. The minimum Gasteiger partial charge on any atom is -0.313 e. The van der Waals surface area contributed by atoms with Crippen molar-refractivity contribution in [3.63, 3.8) is 0 Å². The number of nitrogens with one attached hydrogen (secondary N) is 2. The van der Waals surface area contributed by atoms with E-state index in [2.05, 4.69) is 26.0 Å². The standard InChI is InChI=1S/C18H19ClN6O4S/c1-11(2)25(3)30(27,28)13-4-5-15(19)14(10-13)17(26)22-23-18-21-16(24-29-18)12-6-8-20-9-7-12/h4-11H,1-3H3,(H,22,26)(H,21,23,24). The summed E-state index contributed by atoms with van der Waals surface area (Å²) in [4.78, 5) is 20.5. The van der Waals surface area contributed by atoms with Crippen LogP contribution in [0.4, 0.5) is 6.01 Å². The van der Waals surface area contributed by atoms with E-state index in [-0.39, 0.29) is 27.5 Å². The zero-order chi connectivity index (χ0) is 21.9. The van der Waals surface area contributed by atoms with Crippen molar-refractivity contribution in [3.8, 4) is 11.4 Å². The van der Waals surface area contributed by atoms with Crippen LogP contribution in [-0.4, -0.2) is 46.8 Å². The lowest BCUT2D eigenvalue weighted by molar-refractivity contribution is 0.0961. The molecule has 0 aliphatic rings. The fraction of sp³-hybridized carbons (Fsp3) is 0.222. The fourth-order valence-electron chi connectivity index (χ4n) is 2.35. The van der Waals surface area contributed by atoms with Gasteiger partial charge in [-0.3, -0.25) is 15.2 Å². The van der Waals surface area contributed by atoms with Crippen LogP contribution in [0.1, 0.15) is 24.2 Å². The molecule has 0 radical (unpaired) electrons. The first kappa shape index (κ1) is 21.7. The van der Waals surface area contributed by atoms with Gasteiger partial charge in [-0.05, 0) is 44.2 Å². The fourth-order valence-corrected chi connectivity index (χ4v) is 3.95. The molecule has 0 saturated carbocycles. The molecule has 2 heterocycles. The Morgan fingerprint density at radius 3 is 2.57 bits per heavy atom. The third kappa shape index (κ3) is 4.58. The summed E-state index contributed by atoms with van der Waals surface area (Å²) in [6.07, 6.45) is 3.17. The topological polar surface area (TPSA) is 130 Å². The Morgan fingerprint density at radius 2 is 1.90 bits per heavy atom. The molecule has 0 atom stereocenters. The number of carbonyl (C=O) groups is 1. The first-order chi connectivity index (χ1) is 14.2. The van der Waals surface area contributed by atoms with Gasteiger partial charge in [0.2, 0.25) is 15.8 Å². The van der Waals surface area contributed by atoms with Gasteiger partial charge < -0.3 is 4.52 Å². The molecule has 1 amide bonds. The summed E-state index contributed by atoms with van der Waals surface area (Å²) in [6, 6.07) is 7.00. The van der Waals surface area contributed by atoms with Crippen LogP contribution in [0.3, 0.4) is 0 Å². The first-order valence-corrected chi connectivity index (χ1v) is 10.6. The van der Waals surface area contributed by atoms with E-state index >= 15 is 0 Å². The Balaban J connectivity index is 1.75. The van der Waals surface area contributed by atoms with Crippen LogP contribution in [0.2, 0.25) is 5.02 Å². The van der Waals surface area contributed by atoms with Gasteiger partial charge >= 0.3 is 6.01 Å². The maximum Gasteiger partial charge on any atom is 0.340 e. The Morgan fingerprint density at radius 1 is 1.20 bits per heavy atom. The minimum atomic E-state index is -3.78. The van der Waals surface area contributed by atoms with Gasteiger partial charge in [0.1, 0.15) is 0 Å². The molecule has 158 valence electrons. The second kappa shape index (κ2) is 8.78. The lowest BCUT2D eigenvalue weighted by Crippen LogP contribution is -2.33. The molecule has 3 aromatic rings. The third-order valence-corrected chi connectivity index (χ3v) is 6.59. The molecule has 0 aliphatic heterocycles. The Bertz CT molecular complexity index is 1150. The number of halogens is 1. The van der Waals surface area contributed by atoms with Crippen LogP contribution >= 0.6 is 11.6 Å². The molecule has 30 heavy (non-hydrogen) atoms. The van der Waals surface area contributed by atoms with Gasteiger partial charge in [-0.1, -0.05) is 16.8 Å². The lowest BCUT2D eigenvalue weighted by Gasteiger charge is -2.21. The van der Waals surface area contributed by atoms with Crippen molar-refractivity contribution < 1.29 is 17.7 Å². The Labute approximate surface area is 178 Å². The van der Waals surface area contributed by atoms with Gasteiger partial charge in [-0.2, -0.15) is 9.29 Å². The summed E-state index contributed by atoms with van der Waals surface area (Å²) in [7, 11) is -2.31. The van der Waals surface area contributed by atoms with Crippen LogP contribution in [0, 0.1) is 0 Å². The Kier molecular flexibility index (Phi) is 6.34. The molecule has 0 unspecified atom stereocenters. The van der Waals surface area contributed by atoms with Crippen molar-refractivity contribution in [2.24, 2.45) is 0 Å². The number of carbonyl (C=O) groups excluding carboxylic acids is 1. The van der Waals surface area contributed by atoms with E-state index in [4.69, 9.17) is 16.1 Å². The van der Waals surface area contributed by atoms with Crippen molar-refractivity contribution in [1.29, 1.82) is 0 Å². The molecule has 2 N–H and O–H groups in total. The van der Waals surface area contributed by atoms with E-state index in [1.165, 1.54) is 29.6 Å². The number of aromatic nitrogens is 3. The molecule has 1 aromatic carbocycles. The average molecular weight is 451 g/mol. The number of amides is 1. The number of anilines is 1. The van der Waals surface area contributed by atoms with Crippen molar-refractivity contribution >= 4 is 33.5 Å². The highest BCUT2D eigenvalue weighted by Gasteiger charge is 2.25. The predicted molar refractivity (Wildman–Crippen MR) is 110 cm³/mol. The number of pyridine rings is 1. The second-order valence-corrected chi connectivity index (χ2v) is 8.90. The number of hydrazine groups is 1. The predicted octanol–water partition coefficient (Wildman–Crippen LogP) is 2.57. The van der Waals surface area contributed by atoms with Gasteiger partial charge in [0.05, 0.1) is 15.5 Å². The van der Waals surface area contributed by atoms with Gasteiger partial charge in [-0.15, -0.1) is 0 Å². The quantitative estimate of drug-likeness (QED) is 0.525. The summed E-state index contributed by atoms with van der Waals surface area (Å²) in [5.74, 6) is -0.370. The van der Waals surface area contributed by atoms with Crippen molar-refractivity contribution in [2.45, 2.75) is 24.8 Å². The van der Waals surface area contributed by atoms with Crippen LogP contribution < -0.4 is 10.9 Å². The second-order valence-electron chi connectivity index (χ2n) is 6.49. The molecule has 0 bridgehead atoms. The molecule has 0 spiro atoms. The molecule has 0 saturated heterocycles. The molecule has 3 rings (SSSR count). The molecular formula is C18H19ClN6O4S. The molecule has 12 heteroatoms. The molecule has 0 fully saturated rings. The van der Waals surface area contributed by atoms with E-state index in [1.807, 2.05) is 0 Å².